The number of imide groups is 1. The number of nitrogens with zero attached hydrogens (tertiary/aromatic N) is 1. The van der Waals surface area contributed by atoms with E-state index in [2.05, 4.69) is 10.6 Å². The minimum atomic E-state index is -0.722. The SMILES string of the molecule is CCCNC(=O)[C@H](C)NC(=O)c1ccc2c(c1)C(=O)N(Cc1ccco1)C2=O. The van der Waals surface area contributed by atoms with Gasteiger partial charge in [-0.3, -0.25) is 24.1 Å². The molecule has 1 aliphatic rings. The standard InChI is InChI=1S/C20H21N3O5/c1-3-8-21-17(24)12(2)22-18(25)13-6-7-15-16(10-13)20(27)23(19(15)26)11-14-5-4-9-28-14/h4-7,9-10,12H,3,8,11H2,1-2H3,(H,21,24)(H,22,25)/t12-/m0/s1. The maximum atomic E-state index is 12.6. The van der Waals surface area contributed by atoms with Gasteiger partial charge >= 0.3 is 0 Å². The lowest BCUT2D eigenvalue weighted by Crippen LogP contribution is -2.45. The van der Waals surface area contributed by atoms with E-state index in [1.165, 1.54) is 24.5 Å². The Hall–Kier alpha value is -3.42. The number of carbonyl (C=O) groups excluding carboxylic acids is 4. The van der Waals surface area contributed by atoms with Crippen LogP contribution in [0.3, 0.4) is 0 Å². The average molecular weight is 383 g/mol. The van der Waals surface area contributed by atoms with Crippen LogP contribution in [0.2, 0.25) is 0 Å². The first-order valence-electron chi connectivity index (χ1n) is 9.03. The molecule has 0 saturated carbocycles. The van der Waals surface area contributed by atoms with E-state index in [1.807, 2.05) is 6.92 Å². The molecule has 0 saturated heterocycles. The van der Waals surface area contributed by atoms with Gasteiger partial charge in [-0.2, -0.15) is 0 Å². The fraction of sp³-hybridized carbons (Fsp3) is 0.300. The van der Waals surface area contributed by atoms with E-state index in [4.69, 9.17) is 4.42 Å². The molecule has 0 bridgehead atoms. The van der Waals surface area contributed by atoms with Gasteiger partial charge in [-0.05, 0) is 43.7 Å². The zero-order valence-corrected chi connectivity index (χ0v) is 15.7. The highest BCUT2D eigenvalue weighted by atomic mass is 16.3. The molecule has 8 nitrogen and oxygen atoms in total. The third-order valence-electron chi connectivity index (χ3n) is 4.42. The number of fused-ring (bicyclic) bond motifs is 1. The molecule has 3 rings (SSSR count). The number of furan rings is 1. The normalized spacial score (nSPS) is 14.0. The Kier molecular flexibility index (Phi) is 5.58. The van der Waals surface area contributed by atoms with Gasteiger partial charge in [0.1, 0.15) is 11.8 Å². The van der Waals surface area contributed by atoms with Gasteiger partial charge in [0.15, 0.2) is 0 Å². The van der Waals surface area contributed by atoms with Crippen molar-refractivity contribution in [3.05, 3.63) is 59.0 Å². The third-order valence-corrected chi connectivity index (χ3v) is 4.42. The molecule has 1 aliphatic heterocycles. The van der Waals surface area contributed by atoms with Crippen molar-refractivity contribution in [1.29, 1.82) is 0 Å². The fourth-order valence-corrected chi connectivity index (χ4v) is 2.88. The lowest BCUT2D eigenvalue weighted by Gasteiger charge is -2.14. The summed E-state index contributed by atoms with van der Waals surface area (Å²) in [6.07, 6.45) is 2.26. The molecule has 0 aliphatic carbocycles. The molecule has 2 N–H and O–H groups in total. The summed E-state index contributed by atoms with van der Waals surface area (Å²) in [7, 11) is 0. The molecule has 0 fully saturated rings. The summed E-state index contributed by atoms with van der Waals surface area (Å²) in [5, 5.41) is 5.30. The van der Waals surface area contributed by atoms with Gasteiger partial charge in [0.25, 0.3) is 17.7 Å². The summed E-state index contributed by atoms with van der Waals surface area (Å²) in [4.78, 5) is 50.5. The van der Waals surface area contributed by atoms with Crippen LogP contribution in [0.5, 0.6) is 0 Å². The molecule has 2 heterocycles. The largest absolute Gasteiger partial charge is 0.467 e. The van der Waals surface area contributed by atoms with Crippen LogP contribution in [-0.2, 0) is 11.3 Å². The van der Waals surface area contributed by atoms with E-state index < -0.39 is 23.8 Å². The second kappa shape index (κ2) is 8.08. The number of benzene rings is 1. The van der Waals surface area contributed by atoms with Crippen molar-refractivity contribution in [3.8, 4) is 0 Å². The quantitative estimate of drug-likeness (QED) is 0.708. The Balaban J connectivity index is 1.73. The number of rotatable bonds is 7. The Bertz CT molecular complexity index is 920. The predicted molar refractivity (Wildman–Crippen MR) is 99.6 cm³/mol. The number of amides is 4. The maximum absolute atomic E-state index is 12.6. The average Bonchev–Trinajstić information content (AvgIpc) is 3.28. The molecule has 1 aromatic carbocycles. The van der Waals surface area contributed by atoms with E-state index >= 15 is 0 Å². The zero-order valence-electron chi connectivity index (χ0n) is 15.7. The van der Waals surface area contributed by atoms with Gasteiger partial charge in [-0.15, -0.1) is 0 Å². The van der Waals surface area contributed by atoms with Gasteiger partial charge in [-0.1, -0.05) is 6.92 Å². The van der Waals surface area contributed by atoms with E-state index in [9.17, 15) is 19.2 Å². The van der Waals surface area contributed by atoms with Crippen molar-refractivity contribution in [2.45, 2.75) is 32.9 Å². The van der Waals surface area contributed by atoms with Crippen LogP contribution < -0.4 is 10.6 Å². The predicted octanol–water partition coefficient (Wildman–Crippen LogP) is 1.72. The Morgan fingerprint density at radius 1 is 1.14 bits per heavy atom. The second-order valence-corrected chi connectivity index (χ2v) is 6.52. The minimum Gasteiger partial charge on any atom is -0.467 e. The summed E-state index contributed by atoms with van der Waals surface area (Å²) >= 11 is 0. The lowest BCUT2D eigenvalue weighted by molar-refractivity contribution is -0.122. The summed E-state index contributed by atoms with van der Waals surface area (Å²) in [5.41, 5.74) is 0.601. The first-order valence-corrected chi connectivity index (χ1v) is 9.03. The van der Waals surface area contributed by atoms with Crippen LogP contribution in [0.1, 0.15) is 57.1 Å². The lowest BCUT2D eigenvalue weighted by atomic mass is 10.0. The Morgan fingerprint density at radius 3 is 2.57 bits per heavy atom. The van der Waals surface area contributed by atoms with Gasteiger partial charge in [0, 0.05) is 12.1 Å². The van der Waals surface area contributed by atoms with Crippen molar-refractivity contribution in [2.75, 3.05) is 6.54 Å². The second-order valence-electron chi connectivity index (χ2n) is 6.52. The molecule has 4 amide bonds. The highest BCUT2D eigenvalue weighted by Crippen LogP contribution is 2.25. The van der Waals surface area contributed by atoms with Crippen molar-refractivity contribution in [2.24, 2.45) is 0 Å². The van der Waals surface area contributed by atoms with Crippen LogP contribution >= 0.6 is 0 Å². The molecule has 146 valence electrons. The monoisotopic (exact) mass is 383 g/mol. The molecule has 0 radical (unpaired) electrons. The molecule has 1 atom stereocenters. The van der Waals surface area contributed by atoms with Crippen LogP contribution in [0.4, 0.5) is 0 Å². The van der Waals surface area contributed by atoms with Gasteiger partial charge < -0.3 is 15.1 Å². The molecule has 0 spiro atoms. The maximum Gasteiger partial charge on any atom is 0.261 e. The van der Waals surface area contributed by atoms with Crippen LogP contribution in [0.25, 0.3) is 0 Å². The first-order chi connectivity index (χ1) is 13.4. The molecule has 2 aromatic rings. The number of carbonyl (C=O) groups is 4. The molecular weight excluding hydrogens is 362 g/mol. The van der Waals surface area contributed by atoms with E-state index in [0.29, 0.717) is 12.3 Å². The summed E-state index contributed by atoms with van der Waals surface area (Å²) in [6, 6.07) is 6.92. The van der Waals surface area contributed by atoms with Crippen molar-refractivity contribution < 1.29 is 23.6 Å². The third kappa shape index (κ3) is 3.80. The number of hydrogen-bond donors (Lipinski definition) is 2. The molecule has 1 aromatic heterocycles. The Morgan fingerprint density at radius 2 is 1.89 bits per heavy atom. The fourth-order valence-electron chi connectivity index (χ4n) is 2.88. The molecular formula is C20H21N3O5. The van der Waals surface area contributed by atoms with E-state index in [0.717, 1.165) is 11.3 Å². The zero-order chi connectivity index (χ0) is 20.3. The Labute approximate surface area is 161 Å². The highest BCUT2D eigenvalue weighted by molar-refractivity contribution is 6.22. The smallest absolute Gasteiger partial charge is 0.261 e. The molecule has 0 unspecified atom stereocenters. The van der Waals surface area contributed by atoms with Crippen molar-refractivity contribution in [1.82, 2.24) is 15.5 Å². The van der Waals surface area contributed by atoms with Gasteiger partial charge in [-0.25, -0.2) is 0 Å². The van der Waals surface area contributed by atoms with Crippen LogP contribution in [0, 0.1) is 0 Å². The first kappa shape index (κ1) is 19.3. The van der Waals surface area contributed by atoms with Crippen molar-refractivity contribution in [3.63, 3.8) is 0 Å². The van der Waals surface area contributed by atoms with Crippen LogP contribution in [0.15, 0.2) is 41.0 Å². The van der Waals surface area contributed by atoms with Crippen molar-refractivity contribution >= 4 is 23.6 Å². The van der Waals surface area contributed by atoms with E-state index in [-0.39, 0.29) is 29.1 Å². The summed E-state index contributed by atoms with van der Waals surface area (Å²) in [5.74, 6) is -1.21. The summed E-state index contributed by atoms with van der Waals surface area (Å²) < 4.78 is 5.20. The number of nitrogens with one attached hydrogen (secondary N) is 2. The van der Waals surface area contributed by atoms with Crippen LogP contribution in [-0.4, -0.2) is 41.1 Å². The van der Waals surface area contributed by atoms with E-state index in [1.54, 1.807) is 19.1 Å². The number of hydrogen-bond acceptors (Lipinski definition) is 5. The van der Waals surface area contributed by atoms with Gasteiger partial charge in [0.2, 0.25) is 5.91 Å². The molecule has 8 heteroatoms. The van der Waals surface area contributed by atoms with Gasteiger partial charge in [0.05, 0.1) is 23.9 Å². The summed E-state index contributed by atoms with van der Waals surface area (Å²) in [6.45, 7) is 4.06. The molecule has 28 heavy (non-hydrogen) atoms. The topological polar surface area (TPSA) is 109 Å². The minimum absolute atomic E-state index is 0.0233. The highest BCUT2D eigenvalue weighted by Gasteiger charge is 2.36.